The van der Waals surface area contributed by atoms with Crippen LogP contribution in [0.1, 0.15) is 50.1 Å². The van der Waals surface area contributed by atoms with Gasteiger partial charge in [-0.1, -0.05) is 24.3 Å². The van der Waals surface area contributed by atoms with Crippen LogP contribution in [-0.2, 0) is 20.8 Å². The van der Waals surface area contributed by atoms with Gasteiger partial charge in [-0.3, -0.25) is 4.79 Å². The minimum Gasteiger partial charge on any atom is -0.491 e. The summed E-state index contributed by atoms with van der Waals surface area (Å²) in [7, 11) is 0. The zero-order valence-electron chi connectivity index (χ0n) is 18.5. The second-order valence-corrected chi connectivity index (χ2v) is 8.16. The molecule has 1 unspecified atom stereocenters. The van der Waals surface area contributed by atoms with E-state index < -0.39 is 0 Å². The number of hydrogen-bond donors (Lipinski definition) is 2. The Morgan fingerprint density at radius 1 is 1.25 bits per heavy atom. The second kappa shape index (κ2) is 10.4. The molecular formula is C25H29N3O4. The average Bonchev–Trinajstić information content (AvgIpc) is 3.19. The molecule has 168 valence electrons. The molecule has 7 heteroatoms. The van der Waals surface area contributed by atoms with Crippen molar-refractivity contribution in [2.75, 3.05) is 6.61 Å². The number of H-pyrrole nitrogens is 1. The van der Waals surface area contributed by atoms with Gasteiger partial charge in [-0.15, -0.1) is 0 Å². The molecule has 1 atom stereocenters. The van der Waals surface area contributed by atoms with Crippen molar-refractivity contribution in [3.63, 3.8) is 0 Å². The monoisotopic (exact) mass is 435 g/mol. The number of aromatic amines is 1. The van der Waals surface area contributed by atoms with E-state index in [0.29, 0.717) is 13.0 Å². The first-order chi connectivity index (χ1) is 15.5. The summed E-state index contributed by atoms with van der Waals surface area (Å²) >= 11 is 0. The number of hydroxylamine groups is 1. The van der Waals surface area contributed by atoms with Crippen molar-refractivity contribution in [1.82, 2.24) is 15.4 Å². The quantitative estimate of drug-likeness (QED) is 0.401. The van der Waals surface area contributed by atoms with E-state index in [9.17, 15) is 4.79 Å². The van der Waals surface area contributed by atoms with Crippen LogP contribution in [-0.4, -0.2) is 34.9 Å². The maximum absolute atomic E-state index is 11.9. The first kappa shape index (κ1) is 22.0. The molecule has 0 bridgehead atoms. The second-order valence-electron chi connectivity index (χ2n) is 8.16. The van der Waals surface area contributed by atoms with E-state index in [2.05, 4.69) is 15.4 Å². The third-order valence-electron chi connectivity index (χ3n) is 5.08. The van der Waals surface area contributed by atoms with Gasteiger partial charge in [0, 0.05) is 31.6 Å². The Hall–Kier alpha value is -3.16. The van der Waals surface area contributed by atoms with Crippen LogP contribution in [0.25, 0.3) is 17.1 Å². The molecule has 0 aliphatic carbocycles. The van der Waals surface area contributed by atoms with Crippen LogP contribution in [0.4, 0.5) is 0 Å². The van der Waals surface area contributed by atoms with Crippen molar-refractivity contribution in [2.24, 2.45) is 0 Å². The third-order valence-corrected chi connectivity index (χ3v) is 5.08. The lowest BCUT2D eigenvalue weighted by molar-refractivity contribution is -0.198. The summed E-state index contributed by atoms with van der Waals surface area (Å²) < 4.78 is 11.2. The molecule has 1 fully saturated rings. The summed E-state index contributed by atoms with van der Waals surface area (Å²) in [5, 5.41) is 0. The predicted octanol–water partition coefficient (Wildman–Crippen LogP) is 4.53. The van der Waals surface area contributed by atoms with E-state index in [4.69, 9.17) is 14.3 Å². The van der Waals surface area contributed by atoms with Gasteiger partial charge < -0.3 is 14.5 Å². The first-order valence-corrected chi connectivity index (χ1v) is 11.0. The number of fused-ring (bicyclic) bond motifs is 1. The van der Waals surface area contributed by atoms with Crippen molar-refractivity contribution < 1.29 is 19.1 Å². The molecule has 1 saturated heterocycles. The number of rotatable bonds is 8. The smallest absolute Gasteiger partial charge is 0.267 e. The predicted molar refractivity (Wildman–Crippen MR) is 123 cm³/mol. The Balaban J connectivity index is 1.31. The molecule has 0 spiro atoms. The molecule has 4 rings (SSSR count). The highest BCUT2D eigenvalue weighted by Crippen LogP contribution is 2.21. The summed E-state index contributed by atoms with van der Waals surface area (Å²) in [5.41, 5.74) is 6.36. The van der Waals surface area contributed by atoms with Crippen LogP contribution in [0, 0.1) is 0 Å². The van der Waals surface area contributed by atoms with Crippen molar-refractivity contribution in [2.45, 2.75) is 51.9 Å². The van der Waals surface area contributed by atoms with E-state index in [0.717, 1.165) is 53.0 Å². The van der Waals surface area contributed by atoms with Gasteiger partial charge in [0.25, 0.3) is 5.91 Å². The summed E-state index contributed by atoms with van der Waals surface area (Å²) in [5.74, 6) is 1.41. The Morgan fingerprint density at radius 2 is 2.09 bits per heavy atom. The van der Waals surface area contributed by atoms with E-state index in [1.807, 2.05) is 56.3 Å². The molecule has 1 aliphatic heterocycles. The molecule has 0 saturated carbocycles. The number of nitrogens with one attached hydrogen (secondary N) is 2. The summed E-state index contributed by atoms with van der Waals surface area (Å²) in [4.78, 5) is 25.3. The van der Waals surface area contributed by atoms with Crippen LogP contribution in [0.5, 0.6) is 5.75 Å². The maximum atomic E-state index is 11.9. The van der Waals surface area contributed by atoms with Crippen LogP contribution < -0.4 is 10.2 Å². The van der Waals surface area contributed by atoms with Crippen LogP contribution >= 0.6 is 0 Å². The molecule has 2 heterocycles. The van der Waals surface area contributed by atoms with Crippen molar-refractivity contribution in [3.05, 3.63) is 65.5 Å². The molecule has 3 aromatic rings. The summed E-state index contributed by atoms with van der Waals surface area (Å²) in [6.07, 6.45) is 6.55. The van der Waals surface area contributed by atoms with Gasteiger partial charge in [-0.25, -0.2) is 15.3 Å². The van der Waals surface area contributed by atoms with Gasteiger partial charge in [0.2, 0.25) is 0 Å². The minimum absolute atomic E-state index is 0.131. The Labute approximate surface area is 187 Å². The maximum Gasteiger partial charge on any atom is 0.267 e. The van der Waals surface area contributed by atoms with E-state index in [-0.39, 0.29) is 18.3 Å². The van der Waals surface area contributed by atoms with Crippen LogP contribution in [0.2, 0.25) is 0 Å². The lowest BCUT2D eigenvalue weighted by atomic mass is 10.1. The number of amides is 1. The molecule has 32 heavy (non-hydrogen) atoms. The Kier molecular flexibility index (Phi) is 7.19. The first-order valence-electron chi connectivity index (χ1n) is 11.0. The highest BCUT2D eigenvalue weighted by atomic mass is 16.8. The fourth-order valence-corrected chi connectivity index (χ4v) is 3.54. The summed E-state index contributed by atoms with van der Waals surface area (Å²) in [6, 6.07) is 13.9. The highest BCUT2D eigenvalue weighted by molar-refractivity contribution is 5.90. The number of aromatic nitrogens is 2. The molecule has 1 aliphatic rings. The molecular weight excluding hydrogens is 406 g/mol. The topological polar surface area (TPSA) is 85.5 Å². The van der Waals surface area contributed by atoms with Crippen molar-refractivity contribution in [1.29, 1.82) is 0 Å². The van der Waals surface area contributed by atoms with Gasteiger partial charge >= 0.3 is 0 Å². The minimum atomic E-state index is -0.354. The Morgan fingerprint density at radius 3 is 2.84 bits per heavy atom. The van der Waals surface area contributed by atoms with Gasteiger partial charge in [-0.05, 0) is 56.0 Å². The van der Waals surface area contributed by atoms with Gasteiger partial charge in [0.15, 0.2) is 6.29 Å². The fourth-order valence-electron chi connectivity index (χ4n) is 3.54. The van der Waals surface area contributed by atoms with Crippen molar-refractivity contribution in [3.8, 4) is 5.75 Å². The van der Waals surface area contributed by atoms with Gasteiger partial charge in [-0.2, -0.15) is 0 Å². The molecule has 0 radical (unpaired) electrons. The average molecular weight is 436 g/mol. The van der Waals surface area contributed by atoms with Crippen LogP contribution in [0.3, 0.4) is 0 Å². The third kappa shape index (κ3) is 6.18. The number of ether oxygens (including phenoxy) is 2. The highest BCUT2D eigenvalue weighted by Gasteiger charge is 2.15. The molecule has 2 N–H and O–H groups in total. The molecule has 7 nitrogen and oxygen atoms in total. The normalized spacial score (nSPS) is 16.7. The number of imidazole rings is 1. The number of hydrogen-bond acceptors (Lipinski definition) is 5. The van der Waals surface area contributed by atoms with Crippen LogP contribution in [0.15, 0.2) is 48.5 Å². The number of carbonyl (C=O) groups is 1. The van der Waals surface area contributed by atoms with Crippen molar-refractivity contribution >= 4 is 23.0 Å². The SMILES string of the molecule is CC(C)Oc1ccc2nc(Cc3ccc(C=CC(=O)NOC4CCCCO4)cc3)[nH]c2c1. The molecule has 1 aromatic heterocycles. The van der Waals surface area contributed by atoms with E-state index in [1.54, 1.807) is 6.08 Å². The van der Waals surface area contributed by atoms with E-state index in [1.165, 1.54) is 6.08 Å². The van der Waals surface area contributed by atoms with Gasteiger partial charge in [0.05, 0.1) is 17.1 Å². The zero-order chi connectivity index (χ0) is 22.3. The lowest BCUT2D eigenvalue weighted by Gasteiger charge is -2.21. The van der Waals surface area contributed by atoms with Gasteiger partial charge in [0.1, 0.15) is 11.6 Å². The zero-order valence-corrected chi connectivity index (χ0v) is 18.5. The molecule has 1 amide bonds. The lowest BCUT2D eigenvalue weighted by Crippen LogP contribution is -2.32. The number of benzene rings is 2. The largest absolute Gasteiger partial charge is 0.491 e. The fraction of sp³-hybridized carbons (Fsp3) is 0.360. The number of nitrogens with zero attached hydrogens (tertiary/aromatic N) is 1. The van der Waals surface area contributed by atoms with E-state index >= 15 is 0 Å². The number of carbonyl (C=O) groups excluding carboxylic acids is 1. The standard InChI is InChI=1S/C25H29N3O4/c1-17(2)31-20-11-12-21-22(16-20)27-23(26-21)15-19-8-6-18(7-9-19)10-13-24(29)28-32-25-5-3-4-14-30-25/h6-13,16-17,25H,3-5,14-15H2,1-2H3,(H,26,27)(H,28,29). The Bertz CT molecular complexity index is 1070. The molecule has 2 aromatic carbocycles. The summed E-state index contributed by atoms with van der Waals surface area (Å²) in [6.45, 7) is 4.69.